The number of piperidine rings is 1. The van der Waals surface area contributed by atoms with Crippen LogP contribution in [-0.4, -0.2) is 40.7 Å². The lowest BCUT2D eigenvalue weighted by atomic mass is 9.96. The smallest absolute Gasteiger partial charge is 0.372 e. The van der Waals surface area contributed by atoms with Crippen LogP contribution in [0.3, 0.4) is 0 Å². The number of hydrogen-bond donors (Lipinski definition) is 1. The Morgan fingerprint density at radius 1 is 1.29 bits per heavy atom. The van der Waals surface area contributed by atoms with Gasteiger partial charge in [0.1, 0.15) is 5.82 Å². The standard InChI is InChI=1S/C13H16F3N5/c1-17-10-8-21-7-4-18-11(21)12(19-10)20-5-2-9(3-6-20)13(14,15)16/h4,7-9,17H,2-3,5-6H2,1H3. The van der Waals surface area contributed by atoms with Crippen molar-refractivity contribution in [3.05, 3.63) is 18.6 Å². The molecule has 0 aliphatic carbocycles. The normalized spacial score (nSPS) is 17.4. The second-order valence-corrected chi connectivity index (χ2v) is 5.16. The molecule has 1 saturated heterocycles. The van der Waals surface area contributed by atoms with E-state index in [0.29, 0.717) is 30.4 Å². The summed E-state index contributed by atoms with van der Waals surface area (Å²) in [5.74, 6) is 0.0814. The minimum absolute atomic E-state index is 0.0990. The molecule has 1 N–H and O–H groups in total. The largest absolute Gasteiger partial charge is 0.391 e. The number of halogens is 3. The van der Waals surface area contributed by atoms with Gasteiger partial charge in [-0.3, -0.25) is 0 Å². The van der Waals surface area contributed by atoms with Crippen LogP contribution in [0, 0.1) is 5.92 Å². The third kappa shape index (κ3) is 2.62. The molecule has 21 heavy (non-hydrogen) atoms. The molecule has 8 heteroatoms. The fraction of sp³-hybridized carbons (Fsp3) is 0.538. The van der Waals surface area contributed by atoms with Crippen LogP contribution in [0.2, 0.25) is 0 Å². The summed E-state index contributed by atoms with van der Waals surface area (Å²) in [7, 11) is 1.75. The van der Waals surface area contributed by atoms with Crippen molar-refractivity contribution in [3.8, 4) is 0 Å². The summed E-state index contributed by atoms with van der Waals surface area (Å²) in [6.45, 7) is 0.680. The first-order chi connectivity index (χ1) is 9.99. The first-order valence-corrected chi connectivity index (χ1v) is 6.82. The molecule has 0 spiro atoms. The highest BCUT2D eigenvalue weighted by Crippen LogP contribution is 2.35. The highest BCUT2D eigenvalue weighted by Gasteiger charge is 2.41. The van der Waals surface area contributed by atoms with Crippen LogP contribution >= 0.6 is 0 Å². The van der Waals surface area contributed by atoms with Crippen molar-refractivity contribution >= 4 is 17.3 Å². The van der Waals surface area contributed by atoms with Crippen LogP contribution in [0.1, 0.15) is 12.8 Å². The Bertz CT molecular complexity index is 628. The molecule has 2 aromatic heterocycles. The van der Waals surface area contributed by atoms with Gasteiger partial charge in [0.2, 0.25) is 0 Å². The number of nitrogens with zero attached hydrogens (tertiary/aromatic N) is 4. The summed E-state index contributed by atoms with van der Waals surface area (Å²) in [5, 5.41) is 2.96. The topological polar surface area (TPSA) is 45.5 Å². The summed E-state index contributed by atoms with van der Waals surface area (Å²) in [6, 6.07) is 0. The highest BCUT2D eigenvalue weighted by atomic mass is 19.4. The highest BCUT2D eigenvalue weighted by molar-refractivity contribution is 5.66. The van der Waals surface area contributed by atoms with Crippen molar-refractivity contribution in [1.29, 1.82) is 0 Å². The van der Waals surface area contributed by atoms with Gasteiger partial charge in [-0.05, 0) is 12.8 Å². The summed E-state index contributed by atoms with van der Waals surface area (Å²) in [5.41, 5.74) is 0.666. The fourth-order valence-electron chi connectivity index (χ4n) is 2.67. The van der Waals surface area contributed by atoms with E-state index in [-0.39, 0.29) is 12.8 Å². The van der Waals surface area contributed by atoms with Crippen LogP contribution in [0.4, 0.5) is 24.8 Å². The molecule has 0 aromatic carbocycles. The Hall–Kier alpha value is -1.99. The van der Waals surface area contributed by atoms with Gasteiger partial charge in [-0.1, -0.05) is 0 Å². The number of anilines is 2. The summed E-state index contributed by atoms with van der Waals surface area (Å²) in [4.78, 5) is 10.6. The van der Waals surface area contributed by atoms with E-state index in [4.69, 9.17) is 0 Å². The van der Waals surface area contributed by atoms with E-state index < -0.39 is 12.1 Å². The first kappa shape index (κ1) is 14.0. The molecule has 0 saturated carbocycles. The van der Waals surface area contributed by atoms with Crippen LogP contribution in [-0.2, 0) is 0 Å². The van der Waals surface area contributed by atoms with Gasteiger partial charge < -0.3 is 14.6 Å². The molecular weight excluding hydrogens is 283 g/mol. The Morgan fingerprint density at radius 2 is 2.00 bits per heavy atom. The first-order valence-electron chi connectivity index (χ1n) is 6.82. The molecule has 0 radical (unpaired) electrons. The maximum atomic E-state index is 12.7. The number of rotatable bonds is 2. The van der Waals surface area contributed by atoms with Gasteiger partial charge in [-0.2, -0.15) is 13.2 Å². The molecule has 1 aliphatic rings. The van der Waals surface area contributed by atoms with E-state index in [1.54, 1.807) is 25.6 Å². The Balaban J connectivity index is 1.86. The molecule has 3 heterocycles. The van der Waals surface area contributed by atoms with Crippen LogP contribution in [0.15, 0.2) is 18.6 Å². The van der Waals surface area contributed by atoms with Crippen molar-refractivity contribution in [3.63, 3.8) is 0 Å². The van der Waals surface area contributed by atoms with Gasteiger partial charge >= 0.3 is 6.18 Å². The van der Waals surface area contributed by atoms with E-state index in [1.807, 2.05) is 9.30 Å². The minimum atomic E-state index is -4.10. The molecule has 114 valence electrons. The van der Waals surface area contributed by atoms with Gasteiger partial charge in [0.05, 0.1) is 12.1 Å². The number of fused-ring (bicyclic) bond motifs is 1. The van der Waals surface area contributed by atoms with Gasteiger partial charge in [-0.25, -0.2) is 9.97 Å². The van der Waals surface area contributed by atoms with Crippen LogP contribution in [0.25, 0.3) is 5.65 Å². The zero-order valence-electron chi connectivity index (χ0n) is 11.6. The molecule has 0 unspecified atom stereocenters. The Morgan fingerprint density at radius 3 is 2.62 bits per heavy atom. The SMILES string of the molecule is CNc1cn2ccnc2c(N2CCC(C(F)(F)F)CC2)n1. The molecule has 1 aliphatic heterocycles. The second kappa shape index (κ2) is 5.09. The third-order valence-electron chi connectivity index (χ3n) is 3.87. The van der Waals surface area contributed by atoms with E-state index in [1.165, 1.54) is 0 Å². The Labute approximate surface area is 119 Å². The number of aromatic nitrogens is 3. The zero-order valence-corrected chi connectivity index (χ0v) is 11.6. The molecule has 0 amide bonds. The van der Waals surface area contributed by atoms with Crippen molar-refractivity contribution in [2.45, 2.75) is 19.0 Å². The van der Waals surface area contributed by atoms with Crippen LogP contribution in [0.5, 0.6) is 0 Å². The predicted octanol–water partition coefficient (Wildman–Crippen LogP) is 2.55. The Kier molecular flexibility index (Phi) is 3.38. The second-order valence-electron chi connectivity index (χ2n) is 5.16. The van der Waals surface area contributed by atoms with Crippen molar-refractivity contribution in [2.24, 2.45) is 5.92 Å². The van der Waals surface area contributed by atoms with Gasteiger partial charge in [0.15, 0.2) is 11.5 Å². The van der Waals surface area contributed by atoms with Gasteiger partial charge in [0.25, 0.3) is 0 Å². The molecule has 2 aromatic rings. The van der Waals surface area contributed by atoms with Gasteiger partial charge in [0, 0.05) is 32.5 Å². The molecule has 5 nitrogen and oxygen atoms in total. The molecule has 0 atom stereocenters. The number of alkyl halides is 3. The van der Waals surface area contributed by atoms with E-state index in [0.717, 1.165) is 0 Å². The number of nitrogens with one attached hydrogen (secondary N) is 1. The third-order valence-corrected chi connectivity index (χ3v) is 3.87. The molecule has 0 bridgehead atoms. The lowest BCUT2D eigenvalue weighted by molar-refractivity contribution is -0.179. The van der Waals surface area contributed by atoms with Gasteiger partial charge in [-0.15, -0.1) is 0 Å². The molecular formula is C13H16F3N5. The molecule has 1 fully saturated rings. The minimum Gasteiger partial charge on any atom is -0.372 e. The van der Waals surface area contributed by atoms with E-state index in [2.05, 4.69) is 15.3 Å². The zero-order chi connectivity index (χ0) is 15.0. The number of hydrogen-bond acceptors (Lipinski definition) is 4. The monoisotopic (exact) mass is 299 g/mol. The number of imidazole rings is 1. The average molecular weight is 299 g/mol. The predicted molar refractivity (Wildman–Crippen MR) is 73.5 cm³/mol. The maximum absolute atomic E-state index is 12.7. The van der Waals surface area contributed by atoms with Crippen LogP contribution < -0.4 is 10.2 Å². The lowest BCUT2D eigenvalue weighted by Crippen LogP contribution is -2.39. The van der Waals surface area contributed by atoms with E-state index in [9.17, 15) is 13.2 Å². The summed E-state index contributed by atoms with van der Waals surface area (Å²) < 4.78 is 40.0. The van der Waals surface area contributed by atoms with Crippen molar-refractivity contribution < 1.29 is 13.2 Å². The average Bonchev–Trinajstić information content (AvgIpc) is 2.93. The van der Waals surface area contributed by atoms with Crippen molar-refractivity contribution in [1.82, 2.24) is 14.4 Å². The summed E-state index contributed by atoms with van der Waals surface area (Å²) >= 11 is 0. The fourth-order valence-corrected chi connectivity index (χ4v) is 2.67. The quantitative estimate of drug-likeness (QED) is 0.925. The van der Waals surface area contributed by atoms with Crippen molar-refractivity contribution in [2.75, 3.05) is 30.4 Å². The summed E-state index contributed by atoms with van der Waals surface area (Å²) in [6.07, 6.45) is 1.35. The lowest BCUT2D eigenvalue weighted by Gasteiger charge is -2.33. The van der Waals surface area contributed by atoms with E-state index >= 15 is 0 Å². The maximum Gasteiger partial charge on any atom is 0.391 e. The molecule has 3 rings (SSSR count).